The Hall–Kier alpha value is -1.95. The average Bonchev–Trinajstić information content (AvgIpc) is 2.45. The Kier molecular flexibility index (Phi) is 3.08. The summed E-state index contributed by atoms with van der Waals surface area (Å²) in [5, 5.41) is 9.30. The van der Waals surface area contributed by atoms with Gasteiger partial charge in [-0.25, -0.2) is 0 Å². The number of carbonyl (C=O) groups excluding carboxylic acids is 2. The SMILES string of the molecule is CC1=C[C@]2(C)CCC3[C@@H](C)C(=O)C(C#N)=C[C@]3(C)C2=CC1=O. The van der Waals surface area contributed by atoms with E-state index in [2.05, 4.69) is 26.0 Å². The van der Waals surface area contributed by atoms with Gasteiger partial charge in [-0.1, -0.05) is 32.9 Å². The molecule has 0 heterocycles. The van der Waals surface area contributed by atoms with Crippen molar-refractivity contribution in [3.05, 3.63) is 34.9 Å². The summed E-state index contributed by atoms with van der Waals surface area (Å²) in [5.41, 5.74) is 1.56. The van der Waals surface area contributed by atoms with Crippen molar-refractivity contribution in [3.63, 3.8) is 0 Å². The molecule has 22 heavy (non-hydrogen) atoms. The zero-order valence-electron chi connectivity index (χ0n) is 13.6. The molecule has 0 bridgehead atoms. The van der Waals surface area contributed by atoms with E-state index in [4.69, 9.17) is 0 Å². The van der Waals surface area contributed by atoms with Crippen LogP contribution in [0.15, 0.2) is 34.9 Å². The standard InChI is InChI=1S/C19H21NO2/c1-11-8-18(3)6-5-14-12(2)17(22)13(10-20)9-19(14,4)16(18)7-15(11)21/h7-9,12,14H,5-6H2,1-4H3/t12-,14?,18+,19+/m1/s1. The van der Waals surface area contributed by atoms with Crippen LogP contribution < -0.4 is 0 Å². The molecule has 1 unspecified atom stereocenters. The fraction of sp³-hybridized carbons (Fsp3) is 0.526. The fourth-order valence-electron chi connectivity index (χ4n) is 4.81. The molecule has 0 N–H and O–H groups in total. The van der Waals surface area contributed by atoms with E-state index in [1.807, 2.05) is 19.9 Å². The van der Waals surface area contributed by atoms with Gasteiger partial charge in [0, 0.05) is 16.7 Å². The molecule has 3 aliphatic rings. The predicted octanol–water partition coefficient (Wildman–Crippen LogP) is 3.53. The molecule has 0 saturated heterocycles. The number of Topliss-reactive ketones (excluding diaryl/α,β-unsaturated/α-hetero) is 1. The van der Waals surface area contributed by atoms with E-state index in [1.165, 1.54) is 0 Å². The number of hydrogen-bond acceptors (Lipinski definition) is 3. The van der Waals surface area contributed by atoms with Crippen LogP contribution in [-0.2, 0) is 9.59 Å². The van der Waals surface area contributed by atoms with Crippen LogP contribution in [0.1, 0.15) is 40.5 Å². The highest BCUT2D eigenvalue weighted by Crippen LogP contribution is 2.60. The normalized spacial score (nSPS) is 40.8. The molecule has 0 radical (unpaired) electrons. The summed E-state index contributed by atoms with van der Waals surface area (Å²) < 4.78 is 0. The van der Waals surface area contributed by atoms with Gasteiger partial charge >= 0.3 is 0 Å². The quantitative estimate of drug-likeness (QED) is 0.687. The summed E-state index contributed by atoms with van der Waals surface area (Å²) in [5.74, 6) is -0.0120. The Morgan fingerprint density at radius 3 is 2.59 bits per heavy atom. The Balaban J connectivity index is 2.22. The monoisotopic (exact) mass is 295 g/mol. The smallest absolute Gasteiger partial charge is 0.181 e. The molecule has 0 amide bonds. The number of nitriles is 1. The zero-order chi connectivity index (χ0) is 16.3. The maximum absolute atomic E-state index is 12.3. The zero-order valence-corrected chi connectivity index (χ0v) is 13.6. The van der Waals surface area contributed by atoms with Gasteiger partial charge in [-0.2, -0.15) is 5.26 Å². The van der Waals surface area contributed by atoms with Crippen molar-refractivity contribution in [2.45, 2.75) is 40.5 Å². The van der Waals surface area contributed by atoms with Gasteiger partial charge in [-0.3, -0.25) is 9.59 Å². The minimum absolute atomic E-state index is 0.0470. The molecule has 1 saturated carbocycles. The summed E-state index contributed by atoms with van der Waals surface area (Å²) in [4.78, 5) is 24.5. The van der Waals surface area contributed by atoms with E-state index in [-0.39, 0.29) is 34.4 Å². The van der Waals surface area contributed by atoms with E-state index in [1.54, 1.807) is 6.08 Å². The van der Waals surface area contributed by atoms with E-state index >= 15 is 0 Å². The van der Waals surface area contributed by atoms with Gasteiger partial charge in [0.15, 0.2) is 11.6 Å². The molecular weight excluding hydrogens is 274 g/mol. The van der Waals surface area contributed by atoms with Crippen LogP contribution in [0.4, 0.5) is 0 Å². The molecule has 0 aromatic carbocycles. The highest BCUT2D eigenvalue weighted by atomic mass is 16.1. The van der Waals surface area contributed by atoms with Gasteiger partial charge in [-0.05, 0) is 42.9 Å². The third kappa shape index (κ3) is 1.80. The number of nitrogens with zero attached hydrogens (tertiary/aromatic N) is 1. The van der Waals surface area contributed by atoms with Crippen molar-refractivity contribution in [1.29, 1.82) is 5.26 Å². The topological polar surface area (TPSA) is 57.9 Å². The van der Waals surface area contributed by atoms with Crippen LogP contribution in [0.25, 0.3) is 0 Å². The number of carbonyl (C=O) groups is 2. The lowest BCUT2D eigenvalue weighted by Crippen LogP contribution is -2.48. The first-order valence-electron chi connectivity index (χ1n) is 7.86. The van der Waals surface area contributed by atoms with Crippen molar-refractivity contribution in [2.75, 3.05) is 0 Å². The average molecular weight is 295 g/mol. The first-order chi connectivity index (χ1) is 10.2. The summed E-state index contributed by atoms with van der Waals surface area (Å²) in [7, 11) is 0. The van der Waals surface area contributed by atoms with Crippen molar-refractivity contribution < 1.29 is 9.59 Å². The van der Waals surface area contributed by atoms with Gasteiger partial charge in [0.25, 0.3) is 0 Å². The Morgan fingerprint density at radius 2 is 1.95 bits per heavy atom. The van der Waals surface area contributed by atoms with Crippen molar-refractivity contribution in [3.8, 4) is 6.07 Å². The van der Waals surface area contributed by atoms with Crippen LogP contribution in [0.5, 0.6) is 0 Å². The highest BCUT2D eigenvalue weighted by Gasteiger charge is 2.54. The van der Waals surface area contributed by atoms with Gasteiger partial charge in [0.05, 0.1) is 5.57 Å². The minimum Gasteiger partial charge on any atom is -0.293 e. The first kappa shape index (κ1) is 15.0. The summed E-state index contributed by atoms with van der Waals surface area (Å²) in [6, 6.07) is 2.05. The van der Waals surface area contributed by atoms with Gasteiger partial charge in [-0.15, -0.1) is 0 Å². The molecule has 3 aliphatic carbocycles. The molecule has 3 heteroatoms. The van der Waals surface area contributed by atoms with Crippen LogP contribution in [-0.4, -0.2) is 11.6 Å². The third-order valence-corrected chi connectivity index (χ3v) is 5.99. The van der Waals surface area contributed by atoms with Gasteiger partial charge < -0.3 is 0 Å². The largest absolute Gasteiger partial charge is 0.293 e. The lowest BCUT2D eigenvalue weighted by molar-refractivity contribution is -0.122. The number of hydrogen-bond donors (Lipinski definition) is 0. The Labute approximate surface area is 131 Å². The number of fused-ring (bicyclic) bond motifs is 3. The molecule has 0 aromatic rings. The van der Waals surface area contributed by atoms with Gasteiger partial charge in [0.1, 0.15) is 6.07 Å². The molecule has 4 atom stereocenters. The van der Waals surface area contributed by atoms with Crippen LogP contribution >= 0.6 is 0 Å². The molecule has 3 nitrogen and oxygen atoms in total. The Morgan fingerprint density at radius 1 is 1.27 bits per heavy atom. The number of allylic oxidation sites excluding steroid dienone is 6. The fourth-order valence-corrected chi connectivity index (χ4v) is 4.81. The third-order valence-electron chi connectivity index (χ3n) is 5.99. The molecule has 0 aromatic heterocycles. The molecule has 1 fully saturated rings. The van der Waals surface area contributed by atoms with Crippen LogP contribution in [0, 0.1) is 34.0 Å². The molecule has 0 spiro atoms. The second kappa shape index (κ2) is 4.52. The van der Waals surface area contributed by atoms with E-state index < -0.39 is 5.41 Å². The maximum atomic E-state index is 12.3. The van der Waals surface area contributed by atoms with E-state index in [9.17, 15) is 14.9 Å². The highest BCUT2D eigenvalue weighted by molar-refractivity contribution is 6.06. The number of ketones is 2. The first-order valence-corrected chi connectivity index (χ1v) is 7.86. The van der Waals surface area contributed by atoms with Crippen LogP contribution in [0.3, 0.4) is 0 Å². The molecule has 0 aliphatic heterocycles. The van der Waals surface area contributed by atoms with Gasteiger partial charge in [0.2, 0.25) is 0 Å². The number of rotatable bonds is 0. The van der Waals surface area contributed by atoms with E-state index in [0.717, 1.165) is 24.0 Å². The van der Waals surface area contributed by atoms with E-state index in [0.29, 0.717) is 0 Å². The second-order valence-corrected chi connectivity index (χ2v) is 7.42. The summed E-state index contributed by atoms with van der Waals surface area (Å²) in [6.07, 6.45) is 7.54. The van der Waals surface area contributed by atoms with Crippen LogP contribution in [0.2, 0.25) is 0 Å². The molecular formula is C19H21NO2. The molecule has 3 rings (SSSR count). The van der Waals surface area contributed by atoms with Crippen molar-refractivity contribution in [2.24, 2.45) is 22.7 Å². The summed E-state index contributed by atoms with van der Waals surface area (Å²) >= 11 is 0. The molecule has 114 valence electrons. The minimum atomic E-state index is -0.391. The lowest BCUT2D eigenvalue weighted by atomic mass is 9.49. The predicted molar refractivity (Wildman–Crippen MR) is 83.7 cm³/mol. The second-order valence-electron chi connectivity index (χ2n) is 7.42. The summed E-state index contributed by atoms with van der Waals surface area (Å²) in [6.45, 7) is 8.03. The lowest BCUT2D eigenvalue weighted by Gasteiger charge is -2.54. The van der Waals surface area contributed by atoms with Crippen molar-refractivity contribution in [1.82, 2.24) is 0 Å². The van der Waals surface area contributed by atoms with Crippen molar-refractivity contribution >= 4 is 11.6 Å². The maximum Gasteiger partial charge on any atom is 0.181 e. The Bertz CT molecular complexity index is 718.